The number of aromatic nitrogens is 2. The monoisotopic (exact) mass is 656 g/mol. The second-order valence-corrected chi connectivity index (χ2v) is 13.6. The van der Waals surface area contributed by atoms with Crippen LogP contribution in [-0.2, 0) is 0 Å². The van der Waals surface area contributed by atoms with E-state index in [0.29, 0.717) is 5.82 Å². The van der Waals surface area contributed by atoms with Gasteiger partial charge in [-0.3, -0.25) is 0 Å². The van der Waals surface area contributed by atoms with E-state index in [0.717, 1.165) is 66.7 Å². The average Bonchev–Trinajstić information content (AvgIpc) is 3.76. The highest BCUT2D eigenvalue weighted by Crippen LogP contribution is 2.42. The number of thiophene rings is 1. The Balaban J connectivity index is 1.24. The summed E-state index contributed by atoms with van der Waals surface area (Å²) in [7, 11) is 0. The SMILES string of the molecule is c1ccc(-c2ccc(-c3cc(-c4cccc5c4sc4ccccc45)nc(-c4ccc5oc6ccccc6c5c4)n3)c(-c3ccccc3)c2)cc1. The lowest BCUT2D eigenvalue weighted by molar-refractivity contribution is 0.669. The quantitative estimate of drug-likeness (QED) is 0.185. The number of benzene rings is 7. The average molecular weight is 657 g/mol. The van der Waals surface area contributed by atoms with Gasteiger partial charge in [0.1, 0.15) is 11.2 Å². The predicted molar refractivity (Wildman–Crippen MR) is 209 cm³/mol. The zero-order valence-electron chi connectivity index (χ0n) is 26.9. The molecule has 3 aromatic heterocycles. The van der Waals surface area contributed by atoms with Crippen LogP contribution >= 0.6 is 11.3 Å². The molecule has 7 aromatic carbocycles. The third-order valence-electron chi connectivity index (χ3n) is 9.53. The van der Waals surface area contributed by atoms with Crippen LogP contribution in [0.4, 0.5) is 0 Å². The molecular weight excluding hydrogens is 629 g/mol. The molecule has 0 N–H and O–H groups in total. The number of furan rings is 1. The van der Waals surface area contributed by atoms with Crippen LogP contribution in [0.1, 0.15) is 0 Å². The molecule has 4 heteroatoms. The van der Waals surface area contributed by atoms with Crippen molar-refractivity contribution in [2.75, 3.05) is 0 Å². The van der Waals surface area contributed by atoms with Gasteiger partial charge in [0.2, 0.25) is 0 Å². The van der Waals surface area contributed by atoms with Crippen molar-refractivity contribution in [3.8, 4) is 56.2 Å². The van der Waals surface area contributed by atoms with Crippen molar-refractivity contribution in [3.63, 3.8) is 0 Å². The highest BCUT2D eigenvalue weighted by molar-refractivity contribution is 7.26. The molecule has 0 aliphatic heterocycles. The molecule has 0 fully saturated rings. The summed E-state index contributed by atoms with van der Waals surface area (Å²) in [5.41, 5.74) is 11.2. The van der Waals surface area contributed by atoms with E-state index in [4.69, 9.17) is 14.4 Å². The molecule has 0 amide bonds. The van der Waals surface area contributed by atoms with E-state index in [1.54, 1.807) is 0 Å². The molecule has 0 bridgehead atoms. The van der Waals surface area contributed by atoms with Crippen molar-refractivity contribution in [1.82, 2.24) is 9.97 Å². The second kappa shape index (κ2) is 11.7. The minimum absolute atomic E-state index is 0.675. The summed E-state index contributed by atoms with van der Waals surface area (Å²) in [5, 5.41) is 4.65. The van der Waals surface area contributed by atoms with E-state index in [1.165, 1.54) is 25.7 Å². The normalized spacial score (nSPS) is 11.6. The van der Waals surface area contributed by atoms with Crippen molar-refractivity contribution in [2.24, 2.45) is 0 Å². The van der Waals surface area contributed by atoms with Gasteiger partial charge in [-0.15, -0.1) is 11.3 Å². The topological polar surface area (TPSA) is 38.9 Å². The van der Waals surface area contributed by atoms with Gasteiger partial charge < -0.3 is 4.42 Å². The van der Waals surface area contributed by atoms with E-state index in [9.17, 15) is 0 Å². The Morgan fingerprint density at radius 3 is 1.88 bits per heavy atom. The Hall–Kier alpha value is -6.36. The molecule has 10 aromatic rings. The van der Waals surface area contributed by atoms with Crippen LogP contribution in [0, 0.1) is 0 Å². The highest BCUT2D eigenvalue weighted by Gasteiger charge is 2.19. The molecule has 0 aliphatic rings. The number of fused-ring (bicyclic) bond motifs is 6. The molecule has 0 saturated heterocycles. The summed E-state index contributed by atoms with van der Waals surface area (Å²) in [6, 6.07) is 59.7. The van der Waals surface area contributed by atoms with Crippen LogP contribution in [-0.4, -0.2) is 9.97 Å². The first-order valence-corrected chi connectivity index (χ1v) is 17.6. The molecule has 0 radical (unpaired) electrons. The maximum atomic E-state index is 6.18. The molecule has 3 nitrogen and oxygen atoms in total. The second-order valence-electron chi connectivity index (χ2n) is 12.5. The lowest BCUT2D eigenvalue weighted by Crippen LogP contribution is -1.97. The first kappa shape index (κ1) is 28.6. The van der Waals surface area contributed by atoms with Crippen molar-refractivity contribution in [3.05, 3.63) is 170 Å². The summed E-state index contributed by atoms with van der Waals surface area (Å²) >= 11 is 1.82. The predicted octanol–water partition coefficient (Wildman–Crippen LogP) is 13.1. The summed E-state index contributed by atoms with van der Waals surface area (Å²) in [6.45, 7) is 0. The third-order valence-corrected chi connectivity index (χ3v) is 10.7. The van der Waals surface area contributed by atoms with Crippen LogP contribution < -0.4 is 0 Å². The van der Waals surface area contributed by atoms with E-state index < -0.39 is 0 Å². The summed E-state index contributed by atoms with van der Waals surface area (Å²) in [4.78, 5) is 10.7. The van der Waals surface area contributed by atoms with Gasteiger partial charge in [-0.25, -0.2) is 9.97 Å². The van der Waals surface area contributed by atoms with E-state index in [1.807, 2.05) is 29.5 Å². The van der Waals surface area contributed by atoms with Gasteiger partial charge in [0.05, 0.1) is 11.4 Å². The lowest BCUT2D eigenvalue weighted by Gasteiger charge is -2.15. The lowest BCUT2D eigenvalue weighted by atomic mass is 9.92. The standard InChI is InChI=1S/C46H28N2OS/c1-3-12-29(13-4-1)31-22-24-33(38(26-31)30-14-5-2-6-15-30)40-28-41(37-19-11-18-36-35-17-8-10-21-44(35)50-45(36)37)48-46(47-40)32-23-25-43-39(27-32)34-16-7-9-20-42(34)49-43/h1-28H. The number of hydrogen-bond donors (Lipinski definition) is 0. The molecule has 0 saturated carbocycles. The Bertz CT molecular complexity index is 2870. The summed E-state index contributed by atoms with van der Waals surface area (Å²) < 4.78 is 8.67. The fourth-order valence-corrected chi connectivity index (χ4v) is 8.33. The number of para-hydroxylation sites is 1. The maximum Gasteiger partial charge on any atom is 0.160 e. The van der Waals surface area contributed by atoms with E-state index >= 15 is 0 Å². The van der Waals surface area contributed by atoms with Gasteiger partial charge in [-0.05, 0) is 64.7 Å². The van der Waals surface area contributed by atoms with E-state index in [2.05, 4.69) is 152 Å². The van der Waals surface area contributed by atoms with Crippen LogP contribution in [0.5, 0.6) is 0 Å². The zero-order chi connectivity index (χ0) is 33.0. The molecule has 234 valence electrons. The highest BCUT2D eigenvalue weighted by atomic mass is 32.1. The Morgan fingerprint density at radius 2 is 1.04 bits per heavy atom. The van der Waals surface area contributed by atoms with Crippen LogP contribution in [0.25, 0.3) is 98.3 Å². The van der Waals surface area contributed by atoms with Crippen LogP contribution in [0.3, 0.4) is 0 Å². The summed E-state index contributed by atoms with van der Waals surface area (Å²) in [6.07, 6.45) is 0. The van der Waals surface area contributed by atoms with E-state index in [-0.39, 0.29) is 0 Å². The van der Waals surface area contributed by atoms with Crippen molar-refractivity contribution >= 4 is 53.4 Å². The number of hydrogen-bond acceptors (Lipinski definition) is 4. The fourth-order valence-electron chi connectivity index (χ4n) is 7.10. The molecule has 50 heavy (non-hydrogen) atoms. The number of nitrogens with zero attached hydrogens (tertiary/aromatic N) is 2. The van der Waals surface area contributed by atoms with Gasteiger partial charge in [-0.1, -0.05) is 127 Å². The Kier molecular flexibility index (Phi) is 6.68. The van der Waals surface area contributed by atoms with Gasteiger partial charge in [-0.2, -0.15) is 0 Å². The van der Waals surface area contributed by atoms with Crippen molar-refractivity contribution in [1.29, 1.82) is 0 Å². The minimum Gasteiger partial charge on any atom is -0.456 e. The fraction of sp³-hybridized carbons (Fsp3) is 0. The first-order valence-electron chi connectivity index (χ1n) is 16.7. The smallest absolute Gasteiger partial charge is 0.160 e. The minimum atomic E-state index is 0.675. The van der Waals surface area contributed by atoms with Gasteiger partial charge in [0.25, 0.3) is 0 Å². The first-order chi connectivity index (χ1) is 24.8. The van der Waals surface area contributed by atoms with Crippen LogP contribution in [0.15, 0.2) is 174 Å². The van der Waals surface area contributed by atoms with Gasteiger partial charge in [0, 0.05) is 47.6 Å². The molecule has 0 aliphatic carbocycles. The molecule has 0 spiro atoms. The Morgan fingerprint density at radius 1 is 0.380 bits per heavy atom. The molecule has 10 rings (SSSR count). The Labute approximate surface area is 292 Å². The molecule has 0 atom stereocenters. The van der Waals surface area contributed by atoms with Crippen molar-refractivity contribution < 1.29 is 4.42 Å². The van der Waals surface area contributed by atoms with Gasteiger partial charge in [0.15, 0.2) is 5.82 Å². The largest absolute Gasteiger partial charge is 0.456 e. The molecule has 3 heterocycles. The molecule has 0 unspecified atom stereocenters. The zero-order valence-corrected chi connectivity index (χ0v) is 27.7. The maximum absolute atomic E-state index is 6.18. The number of rotatable bonds is 5. The van der Waals surface area contributed by atoms with Crippen LogP contribution in [0.2, 0.25) is 0 Å². The van der Waals surface area contributed by atoms with Gasteiger partial charge >= 0.3 is 0 Å². The summed E-state index contributed by atoms with van der Waals surface area (Å²) in [5.74, 6) is 0.675. The van der Waals surface area contributed by atoms with Crippen molar-refractivity contribution in [2.45, 2.75) is 0 Å². The molecular formula is C46H28N2OS. The third kappa shape index (κ3) is 4.80.